The van der Waals surface area contributed by atoms with E-state index in [2.05, 4.69) is 30.6 Å². The van der Waals surface area contributed by atoms with Crippen molar-refractivity contribution in [3.05, 3.63) is 42.0 Å². The third kappa shape index (κ3) is 5.60. The molecule has 3 rings (SSSR count). The number of nitrogens with zero attached hydrogens (tertiary/aromatic N) is 3. The summed E-state index contributed by atoms with van der Waals surface area (Å²) < 4.78 is 6.00. The molecule has 3 N–H and O–H groups in total. The number of hydrogen-bond donors (Lipinski definition) is 3. The average Bonchev–Trinajstić information content (AvgIpc) is 3.25. The van der Waals surface area contributed by atoms with Crippen LogP contribution in [0, 0.1) is 12.8 Å². The number of carbonyl (C=O) groups is 2. The first-order valence-corrected chi connectivity index (χ1v) is 10.0. The number of rotatable bonds is 8. The summed E-state index contributed by atoms with van der Waals surface area (Å²) >= 11 is 0. The topological polar surface area (TPSA) is 122 Å². The van der Waals surface area contributed by atoms with Crippen LogP contribution < -0.4 is 10.6 Å². The maximum atomic E-state index is 12.7. The molecule has 1 fully saturated rings. The second kappa shape index (κ2) is 10.1. The van der Waals surface area contributed by atoms with Crippen LogP contribution in [0.3, 0.4) is 0 Å². The van der Waals surface area contributed by atoms with Crippen LogP contribution in [0.5, 0.6) is 0 Å². The number of aromatic nitrogens is 4. The van der Waals surface area contributed by atoms with E-state index in [4.69, 9.17) is 4.74 Å². The Morgan fingerprint density at radius 2 is 2.17 bits per heavy atom. The summed E-state index contributed by atoms with van der Waals surface area (Å²) in [5, 5.41) is 5.99. The van der Waals surface area contributed by atoms with Crippen molar-refractivity contribution in [2.75, 3.05) is 6.61 Å². The van der Waals surface area contributed by atoms with Gasteiger partial charge in [-0.15, -0.1) is 0 Å². The lowest BCUT2D eigenvalue weighted by Crippen LogP contribution is -2.50. The summed E-state index contributed by atoms with van der Waals surface area (Å²) in [6.07, 6.45) is 8.91. The van der Waals surface area contributed by atoms with Crippen molar-refractivity contribution in [1.29, 1.82) is 0 Å². The Balaban J connectivity index is 1.60. The molecule has 0 radical (unpaired) electrons. The van der Waals surface area contributed by atoms with Crippen molar-refractivity contribution in [1.82, 2.24) is 30.6 Å². The van der Waals surface area contributed by atoms with Gasteiger partial charge in [0.1, 0.15) is 12.2 Å². The average molecular weight is 400 g/mol. The van der Waals surface area contributed by atoms with Crippen LogP contribution in [0.1, 0.15) is 54.5 Å². The van der Waals surface area contributed by atoms with E-state index in [0.29, 0.717) is 43.7 Å². The van der Waals surface area contributed by atoms with Gasteiger partial charge in [-0.1, -0.05) is 6.92 Å². The Labute approximate surface area is 170 Å². The number of H-pyrrole nitrogens is 1. The van der Waals surface area contributed by atoms with Crippen LogP contribution in [0.15, 0.2) is 24.9 Å². The standard InChI is InChI=1S/C20H28N6O3/c1-3-8-29-17-9-14(19(27)24-11-18-22-6-7-23-18)4-5-16(17)26-20(28)15-10-21-12-25-13(15)2/h6-7,10,12,14,16-17H,3-5,8-9,11H2,1-2H3,(H,22,23)(H,24,27)(H,26,28)/t14-,16+,17+/m0/s1. The lowest BCUT2D eigenvalue weighted by atomic mass is 9.83. The lowest BCUT2D eigenvalue weighted by molar-refractivity contribution is -0.128. The van der Waals surface area contributed by atoms with Gasteiger partial charge in [0, 0.05) is 31.1 Å². The van der Waals surface area contributed by atoms with Crippen molar-refractivity contribution in [2.45, 2.75) is 58.2 Å². The maximum absolute atomic E-state index is 12.7. The van der Waals surface area contributed by atoms with Crippen LogP contribution in [0.2, 0.25) is 0 Å². The fourth-order valence-corrected chi connectivity index (χ4v) is 3.56. The third-order valence-electron chi connectivity index (χ3n) is 5.16. The number of aryl methyl sites for hydroxylation is 1. The zero-order valence-electron chi connectivity index (χ0n) is 16.9. The predicted molar refractivity (Wildman–Crippen MR) is 106 cm³/mol. The van der Waals surface area contributed by atoms with E-state index in [0.717, 1.165) is 12.2 Å². The minimum absolute atomic E-state index is 0.0106. The maximum Gasteiger partial charge on any atom is 0.255 e. The molecule has 0 saturated heterocycles. The highest BCUT2D eigenvalue weighted by Crippen LogP contribution is 2.28. The van der Waals surface area contributed by atoms with E-state index in [-0.39, 0.29) is 29.9 Å². The van der Waals surface area contributed by atoms with Gasteiger partial charge in [-0.25, -0.2) is 15.0 Å². The fourth-order valence-electron chi connectivity index (χ4n) is 3.56. The number of aromatic amines is 1. The number of ether oxygens (including phenoxy) is 1. The molecule has 0 spiro atoms. The highest BCUT2D eigenvalue weighted by atomic mass is 16.5. The van der Waals surface area contributed by atoms with E-state index in [9.17, 15) is 9.59 Å². The molecule has 2 aromatic heterocycles. The molecular weight excluding hydrogens is 372 g/mol. The molecule has 29 heavy (non-hydrogen) atoms. The van der Waals surface area contributed by atoms with Gasteiger partial charge in [-0.2, -0.15) is 0 Å². The minimum Gasteiger partial charge on any atom is -0.376 e. The van der Waals surface area contributed by atoms with Crippen LogP contribution >= 0.6 is 0 Å². The number of imidazole rings is 1. The van der Waals surface area contributed by atoms with Crippen molar-refractivity contribution in [2.24, 2.45) is 5.92 Å². The van der Waals surface area contributed by atoms with Crippen molar-refractivity contribution in [3.63, 3.8) is 0 Å². The lowest BCUT2D eigenvalue weighted by Gasteiger charge is -2.36. The normalized spacial score (nSPS) is 21.5. The molecule has 156 valence electrons. The summed E-state index contributed by atoms with van der Waals surface area (Å²) in [5.41, 5.74) is 1.09. The summed E-state index contributed by atoms with van der Waals surface area (Å²) in [5.74, 6) is 0.350. The third-order valence-corrected chi connectivity index (χ3v) is 5.16. The molecule has 2 amide bonds. The van der Waals surface area contributed by atoms with Gasteiger partial charge < -0.3 is 20.4 Å². The molecule has 1 saturated carbocycles. The number of nitrogens with one attached hydrogen (secondary N) is 3. The monoisotopic (exact) mass is 400 g/mol. The van der Waals surface area contributed by atoms with Crippen molar-refractivity contribution >= 4 is 11.8 Å². The van der Waals surface area contributed by atoms with E-state index in [1.165, 1.54) is 12.5 Å². The molecule has 2 aromatic rings. The molecule has 0 aliphatic heterocycles. The highest BCUT2D eigenvalue weighted by Gasteiger charge is 2.35. The Morgan fingerprint density at radius 1 is 1.31 bits per heavy atom. The highest BCUT2D eigenvalue weighted by molar-refractivity contribution is 5.95. The molecule has 3 atom stereocenters. The second-order valence-electron chi connectivity index (χ2n) is 7.27. The Bertz CT molecular complexity index is 810. The number of carbonyl (C=O) groups excluding carboxylic acids is 2. The SMILES string of the molecule is CCCO[C@@H]1C[C@@H](C(=O)NCc2ncc[nH]2)CC[C@H]1NC(=O)c1cncnc1C. The zero-order chi connectivity index (χ0) is 20.6. The predicted octanol–water partition coefficient (Wildman–Crippen LogP) is 1.52. The molecule has 0 bridgehead atoms. The molecule has 9 nitrogen and oxygen atoms in total. The first-order valence-electron chi connectivity index (χ1n) is 10.0. The number of hydrogen-bond acceptors (Lipinski definition) is 6. The van der Waals surface area contributed by atoms with Gasteiger partial charge in [-0.05, 0) is 32.6 Å². The molecular formula is C20H28N6O3. The molecule has 1 aliphatic carbocycles. The Kier molecular flexibility index (Phi) is 7.29. The van der Waals surface area contributed by atoms with Gasteiger partial charge in [0.2, 0.25) is 5.91 Å². The summed E-state index contributed by atoms with van der Waals surface area (Å²) in [6, 6.07) is -0.150. The summed E-state index contributed by atoms with van der Waals surface area (Å²) in [6.45, 7) is 4.78. The fraction of sp³-hybridized carbons (Fsp3) is 0.550. The van der Waals surface area contributed by atoms with Crippen molar-refractivity contribution in [3.8, 4) is 0 Å². The summed E-state index contributed by atoms with van der Waals surface area (Å²) in [7, 11) is 0. The van der Waals surface area contributed by atoms with Crippen LogP contribution in [-0.2, 0) is 16.1 Å². The molecule has 1 aliphatic rings. The zero-order valence-corrected chi connectivity index (χ0v) is 16.9. The van der Waals surface area contributed by atoms with E-state index in [1.807, 2.05) is 6.92 Å². The Morgan fingerprint density at radius 3 is 2.90 bits per heavy atom. The smallest absolute Gasteiger partial charge is 0.255 e. The molecule has 2 heterocycles. The van der Waals surface area contributed by atoms with Crippen molar-refractivity contribution < 1.29 is 14.3 Å². The molecule has 0 unspecified atom stereocenters. The van der Waals surface area contributed by atoms with Crippen LogP contribution in [0.25, 0.3) is 0 Å². The van der Waals surface area contributed by atoms with Gasteiger partial charge in [0.15, 0.2) is 0 Å². The first kappa shape index (κ1) is 20.9. The van der Waals surface area contributed by atoms with Gasteiger partial charge in [0.05, 0.1) is 29.9 Å². The largest absolute Gasteiger partial charge is 0.376 e. The first-order chi connectivity index (χ1) is 14.1. The summed E-state index contributed by atoms with van der Waals surface area (Å²) in [4.78, 5) is 40.4. The second-order valence-corrected chi connectivity index (χ2v) is 7.27. The Hall–Kier alpha value is -2.81. The van der Waals surface area contributed by atoms with E-state index in [1.54, 1.807) is 19.3 Å². The van der Waals surface area contributed by atoms with E-state index < -0.39 is 0 Å². The van der Waals surface area contributed by atoms with Crippen LogP contribution in [-0.4, -0.2) is 50.5 Å². The molecule has 9 heteroatoms. The molecule has 0 aromatic carbocycles. The van der Waals surface area contributed by atoms with Crippen LogP contribution in [0.4, 0.5) is 0 Å². The van der Waals surface area contributed by atoms with E-state index >= 15 is 0 Å². The van der Waals surface area contributed by atoms with Gasteiger partial charge >= 0.3 is 0 Å². The van der Waals surface area contributed by atoms with Gasteiger partial charge in [-0.3, -0.25) is 9.59 Å². The number of amides is 2. The quantitative estimate of drug-likeness (QED) is 0.618. The van der Waals surface area contributed by atoms with Gasteiger partial charge in [0.25, 0.3) is 5.91 Å². The minimum atomic E-state index is -0.211.